The number of nitrogens with one attached hydrogen (secondary N) is 4. The van der Waals surface area contributed by atoms with Gasteiger partial charge in [0.15, 0.2) is 0 Å². The molecule has 0 spiro atoms. The molecule has 1 aliphatic rings. The highest BCUT2D eigenvalue weighted by Crippen LogP contribution is 2.26. The van der Waals surface area contributed by atoms with Crippen molar-refractivity contribution in [3.63, 3.8) is 0 Å². The summed E-state index contributed by atoms with van der Waals surface area (Å²) >= 11 is 12.8. The number of hydrogen-bond donors (Lipinski definition) is 4. The molecule has 4 amide bonds. The minimum absolute atomic E-state index is 0.146. The molecular weight excluding hydrogens is 699 g/mol. The number of aromatic nitrogens is 2. The fraction of sp³-hybridized carbons (Fsp3) is 0.200. The number of para-hydroxylation sites is 2. The maximum Gasteiger partial charge on any atom is 0.246 e. The molecule has 264 valence electrons. The molecule has 7 rings (SSSR count). The minimum atomic E-state index is -0.992. The van der Waals surface area contributed by atoms with Gasteiger partial charge in [-0.3, -0.25) is 19.2 Å². The number of H-pyrrole nitrogens is 2. The van der Waals surface area contributed by atoms with Gasteiger partial charge in [-0.05, 0) is 46.5 Å². The van der Waals surface area contributed by atoms with E-state index >= 15 is 0 Å². The van der Waals surface area contributed by atoms with Crippen LogP contribution >= 0.6 is 23.2 Å². The second kappa shape index (κ2) is 15.3. The van der Waals surface area contributed by atoms with Crippen molar-refractivity contribution in [2.45, 2.75) is 38.0 Å². The van der Waals surface area contributed by atoms with E-state index in [2.05, 4.69) is 20.6 Å². The quantitative estimate of drug-likeness (QED) is 0.127. The van der Waals surface area contributed by atoms with Crippen LogP contribution in [-0.2, 0) is 45.1 Å². The molecule has 10 nitrogen and oxygen atoms in total. The van der Waals surface area contributed by atoms with E-state index in [1.165, 1.54) is 9.80 Å². The van der Waals surface area contributed by atoms with E-state index in [-0.39, 0.29) is 44.3 Å². The van der Waals surface area contributed by atoms with E-state index in [1.807, 2.05) is 91.3 Å². The van der Waals surface area contributed by atoms with Crippen molar-refractivity contribution in [1.29, 1.82) is 0 Å². The Morgan fingerprint density at radius 1 is 0.750 bits per heavy atom. The summed E-state index contributed by atoms with van der Waals surface area (Å²) in [5.74, 6) is -1.67. The first-order valence-corrected chi connectivity index (χ1v) is 17.7. The molecule has 2 atom stereocenters. The van der Waals surface area contributed by atoms with Gasteiger partial charge in [0.25, 0.3) is 0 Å². The number of benzene rings is 4. The van der Waals surface area contributed by atoms with Crippen LogP contribution in [0.5, 0.6) is 0 Å². The predicted molar refractivity (Wildman–Crippen MR) is 202 cm³/mol. The summed E-state index contributed by atoms with van der Waals surface area (Å²) in [5.41, 5.74) is 4.91. The molecule has 3 heterocycles. The van der Waals surface area contributed by atoms with E-state index in [0.29, 0.717) is 15.6 Å². The highest BCUT2D eigenvalue weighted by molar-refractivity contribution is 6.31. The number of amides is 4. The largest absolute Gasteiger partial charge is 0.361 e. The van der Waals surface area contributed by atoms with Gasteiger partial charge in [0.05, 0.1) is 0 Å². The Hall–Kier alpha value is -5.58. The summed E-state index contributed by atoms with van der Waals surface area (Å²) in [6.45, 7) is -0.336. The topological polar surface area (TPSA) is 130 Å². The molecule has 12 heteroatoms. The molecule has 0 bridgehead atoms. The lowest BCUT2D eigenvalue weighted by Gasteiger charge is -2.40. The van der Waals surface area contributed by atoms with Crippen molar-refractivity contribution < 1.29 is 19.2 Å². The number of fused-ring (bicyclic) bond motifs is 2. The Morgan fingerprint density at radius 3 is 2.00 bits per heavy atom. The molecule has 0 radical (unpaired) electrons. The van der Waals surface area contributed by atoms with Crippen molar-refractivity contribution in [2.75, 3.05) is 13.1 Å². The van der Waals surface area contributed by atoms with Crippen molar-refractivity contribution in [2.24, 2.45) is 0 Å². The number of carbonyl (C=O) groups excluding carboxylic acids is 4. The van der Waals surface area contributed by atoms with Gasteiger partial charge < -0.3 is 30.4 Å². The predicted octanol–water partition coefficient (Wildman–Crippen LogP) is 5.78. The first kappa shape index (κ1) is 34.9. The highest BCUT2D eigenvalue weighted by Gasteiger charge is 2.41. The lowest BCUT2D eigenvalue weighted by Crippen LogP contribution is -2.62. The third-order valence-electron chi connectivity index (χ3n) is 9.50. The first-order valence-electron chi connectivity index (χ1n) is 17.0. The lowest BCUT2D eigenvalue weighted by molar-refractivity contribution is -0.157. The molecule has 1 saturated heterocycles. The Morgan fingerprint density at radius 2 is 1.33 bits per heavy atom. The van der Waals surface area contributed by atoms with Crippen molar-refractivity contribution >= 4 is 68.6 Å². The van der Waals surface area contributed by atoms with Crippen LogP contribution in [0.3, 0.4) is 0 Å². The summed E-state index contributed by atoms with van der Waals surface area (Å²) in [6.07, 6.45) is 4.01. The Labute approximate surface area is 310 Å². The average molecular weight is 736 g/mol. The van der Waals surface area contributed by atoms with Crippen LogP contribution in [0.2, 0.25) is 10.0 Å². The van der Waals surface area contributed by atoms with E-state index < -0.39 is 30.4 Å². The van der Waals surface area contributed by atoms with Gasteiger partial charge in [0.1, 0.15) is 25.2 Å². The molecule has 1 fully saturated rings. The minimum Gasteiger partial charge on any atom is -0.361 e. The van der Waals surface area contributed by atoms with Crippen molar-refractivity contribution in [3.8, 4) is 0 Å². The Balaban J connectivity index is 1.14. The van der Waals surface area contributed by atoms with E-state index in [1.54, 1.807) is 18.2 Å². The van der Waals surface area contributed by atoms with Crippen LogP contribution in [0.4, 0.5) is 0 Å². The molecule has 52 heavy (non-hydrogen) atoms. The summed E-state index contributed by atoms with van der Waals surface area (Å²) in [4.78, 5) is 65.0. The highest BCUT2D eigenvalue weighted by atomic mass is 35.5. The van der Waals surface area contributed by atoms with Crippen LogP contribution in [0.15, 0.2) is 109 Å². The second-order valence-electron chi connectivity index (χ2n) is 12.9. The standard InChI is InChI=1S/C40H36Cl2N6O4/c41-31-13-5-1-9-25(31)19-45-39(51)35(17-27-20-43-33-15-7-3-11-29(27)33)46-37(49)23-48-36(18-28-21-44-34-16-8-4-12-30(28)34)40(52)47(24-38(48)50)22-26-10-2-6-14-32(26)42/h1-16,20-21,35-36,43-44H,17-19,22-24H2,(H,45,51)(H,46,49). The van der Waals surface area contributed by atoms with Gasteiger partial charge in [-0.15, -0.1) is 0 Å². The maximum absolute atomic E-state index is 14.2. The van der Waals surface area contributed by atoms with Crippen LogP contribution < -0.4 is 10.6 Å². The molecule has 0 aliphatic carbocycles. The smallest absolute Gasteiger partial charge is 0.246 e. The maximum atomic E-state index is 14.2. The zero-order chi connectivity index (χ0) is 36.2. The fourth-order valence-corrected chi connectivity index (χ4v) is 7.19. The molecule has 1 aliphatic heterocycles. The molecule has 2 unspecified atom stereocenters. The zero-order valence-electron chi connectivity index (χ0n) is 28.1. The number of hydrogen-bond acceptors (Lipinski definition) is 4. The Kier molecular flexibility index (Phi) is 10.3. The van der Waals surface area contributed by atoms with E-state index in [0.717, 1.165) is 38.5 Å². The summed E-state index contributed by atoms with van der Waals surface area (Å²) in [7, 11) is 0. The number of aromatic amines is 2. The average Bonchev–Trinajstić information content (AvgIpc) is 3.76. The molecule has 4 N–H and O–H groups in total. The van der Waals surface area contributed by atoms with Crippen molar-refractivity contribution in [3.05, 3.63) is 142 Å². The summed E-state index contributed by atoms with van der Waals surface area (Å²) in [6, 6.07) is 27.8. The third-order valence-corrected chi connectivity index (χ3v) is 10.2. The van der Waals surface area contributed by atoms with Crippen LogP contribution in [0.1, 0.15) is 22.3 Å². The molecule has 0 saturated carbocycles. The third kappa shape index (κ3) is 7.54. The van der Waals surface area contributed by atoms with Crippen LogP contribution in [0.25, 0.3) is 21.8 Å². The number of halogens is 2. The lowest BCUT2D eigenvalue weighted by atomic mass is 9.99. The summed E-state index contributed by atoms with van der Waals surface area (Å²) < 4.78 is 0. The van der Waals surface area contributed by atoms with Crippen molar-refractivity contribution in [1.82, 2.24) is 30.4 Å². The first-order chi connectivity index (χ1) is 25.2. The normalized spacial score (nSPS) is 15.3. The molecule has 6 aromatic rings. The van der Waals surface area contributed by atoms with Gasteiger partial charge in [0.2, 0.25) is 23.6 Å². The second-order valence-corrected chi connectivity index (χ2v) is 13.7. The van der Waals surface area contributed by atoms with Gasteiger partial charge in [-0.2, -0.15) is 0 Å². The van der Waals surface area contributed by atoms with Crippen LogP contribution in [0, 0.1) is 0 Å². The zero-order valence-corrected chi connectivity index (χ0v) is 29.6. The van der Waals surface area contributed by atoms with E-state index in [4.69, 9.17) is 23.2 Å². The SMILES string of the molecule is O=C(CN1C(=O)CN(Cc2ccccc2Cl)C(=O)C1Cc1c[nH]c2ccccc12)NC(Cc1c[nH]c2ccccc12)C(=O)NCc1ccccc1Cl. The molecule has 4 aromatic carbocycles. The molecule has 2 aromatic heterocycles. The number of carbonyl (C=O) groups is 4. The van der Waals surface area contributed by atoms with Gasteiger partial charge in [-0.25, -0.2) is 0 Å². The van der Waals surface area contributed by atoms with Gasteiger partial charge in [0, 0.05) is 70.2 Å². The number of piperazine rings is 1. The number of rotatable bonds is 12. The van der Waals surface area contributed by atoms with E-state index in [9.17, 15) is 19.2 Å². The monoisotopic (exact) mass is 734 g/mol. The summed E-state index contributed by atoms with van der Waals surface area (Å²) in [5, 5.41) is 8.64. The van der Waals surface area contributed by atoms with Crippen LogP contribution in [-0.4, -0.2) is 68.6 Å². The number of nitrogens with zero attached hydrogens (tertiary/aromatic N) is 2. The van der Waals surface area contributed by atoms with Gasteiger partial charge in [-0.1, -0.05) is 96.0 Å². The molecular formula is C40H36Cl2N6O4. The van der Waals surface area contributed by atoms with Gasteiger partial charge >= 0.3 is 0 Å². The fourth-order valence-electron chi connectivity index (χ4n) is 6.79. The Bertz CT molecular complexity index is 2280.